The van der Waals surface area contributed by atoms with E-state index in [2.05, 4.69) is 231 Å². The molecule has 288 valence electrons. The van der Waals surface area contributed by atoms with Gasteiger partial charge in [0.15, 0.2) is 0 Å². The van der Waals surface area contributed by atoms with Crippen molar-refractivity contribution in [3.05, 3.63) is 223 Å². The van der Waals surface area contributed by atoms with Gasteiger partial charge in [-0.3, -0.25) is 0 Å². The number of benzene rings is 10. The molecule has 0 radical (unpaired) electrons. The third-order valence-corrected chi connectivity index (χ3v) is 14.2. The fraction of sp³-hybridized carbons (Fsp3) is 0.0508. The van der Waals surface area contributed by atoms with Crippen LogP contribution in [0.25, 0.3) is 86.2 Å². The van der Waals surface area contributed by atoms with E-state index in [0.29, 0.717) is 0 Å². The Hall–Kier alpha value is -7.26. The number of thiophene rings is 1. The molecule has 10 aromatic carbocycles. The van der Waals surface area contributed by atoms with Gasteiger partial charge in [-0.2, -0.15) is 0 Å². The van der Waals surface area contributed by atoms with Crippen molar-refractivity contribution in [3.63, 3.8) is 0 Å². The number of fused-ring (bicyclic) bond motifs is 9. The Morgan fingerprint density at radius 2 is 0.984 bits per heavy atom. The van der Waals surface area contributed by atoms with E-state index in [1.807, 2.05) is 11.3 Å². The lowest BCUT2D eigenvalue weighted by Gasteiger charge is -2.31. The lowest BCUT2D eigenvalue weighted by molar-refractivity contribution is 0.660. The molecular formula is C59H41NS. The summed E-state index contributed by atoms with van der Waals surface area (Å²) in [5.41, 5.74) is 15.8. The minimum atomic E-state index is -0.149. The van der Waals surface area contributed by atoms with Gasteiger partial charge >= 0.3 is 0 Å². The average Bonchev–Trinajstić information content (AvgIpc) is 3.80. The van der Waals surface area contributed by atoms with Crippen molar-refractivity contribution in [1.29, 1.82) is 0 Å². The maximum atomic E-state index is 2.51. The molecule has 0 unspecified atom stereocenters. The highest BCUT2D eigenvalue weighted by Crippen LogP contribution is 2.53. The maximum absolute atomic E-state index is 2.51. The van der Waals surface area contributed by atoms with Crippen LogP contribution in [-0.2, 0) is 5.41 Å². The monoisotopic (exact) mass is 795 g/mol. The molecule has 0 aliphatic heterocycles. The molecule has 0 bridgehead atoms. The summed E-state index contributed by atoms with van der Waals surface area (Å²) in [4.78, 5) is 2.51. The van der Waals surface area contributed by atoms with E-state index in [0.717, 1.165) is 17.1 Å². The molecule has 1 aliphatic rings. The van der Waals surface area contributed by atoms with Crippen LogP contribution in [0.15, 0.2) is 212 Å². The summed E-state index contributed by atoms with van der Waals surface area (Å²) in [6.07, 6.45) is 0. The Labute approximate surface area is 360 Å². The molecule has 11 aromatic rings. The van der Waals surface area contributed by atoms with Crippen LogP contribution in [0.5, 0.6) is 0 Å². The lowest BCUT2D eigenvalue weighted by atomic mass is 9.82. The van der Waals surface area contributed by atoms with Gasteiger partial charge in [0.05, 0.1) is 5.69 Å². The predicted molar refractivity (Wildman–Crippen MR) is 263 cm³/mol. The second kappa shape index (κ2) is 13.9. The Bertz CT molecular complexity index is 3500. The zero-order valence-corrected chi connectivity index (χ0v) is 34.9. The molecule has 12 rings (SSSR count). The Balaban J connectivity index is 1.16. The van der Waals surface area contributed by atoms with E-state index in [9.17, 15) is 0 Å². The van der Waals surface area contributed by atoms with E-state index in [-0.39, 0.29) is 5.41 Å². The van der Waals surface area contributed by atoms with Crippen LogP contribution in [-0.4, -0.2) is 0 Å². The van der Waals surface area contributed by atoms with Crippen LogP contribution in [0.4, 0.5) is 17.1 Å². The predicted octanol–water partition coefficient (Wildman–Crippen LogP) is 17.1. The fourth-order valence-electron chi connectivity index (χ4n) is 10.1. The molecule has 0 atom stereocenters. The van der Waals surface area contributed by atoms with Gasteiger partial charge in [-0.05, 0) is 120 Å². The average molecular weight is 796 g/mol. The van der Waals surface area contributed by atoms with E-state index >= 15 is 0 Å². The molecule has 1 aliphatic carbocycles. The Kier molecular flexibility index (Phi) is 8.13. The van der Waals surface area contributed by atoms with Crippen LogP contribution >= 0.6 is 11.3 Å². The molecular weight excluding hydrogens is 755 g/mol. The summed E-state index contributed by atoms with van der Waals surface area (Å²) in [5.74, 6) is 0. The first kappa shape index (κ1) is 35.7. The molecule has 1 heterocycles. The third kappa shape index (κ3) is 5.67. The van der Waals surface area contributed by atoms with Crippen LogP contribution in [0.1, 0.15) is 25.0 Å². The van der Waals surface area contributed by atoms with Crippen LogP contribution in [0.2, 0.25) is 0 Å². The molecule has 0 amide bonds. The Morgan fingerprint density at radius 1 is 0.361 bits per heavy atom. The number of hydrogen-bond donors (Lipinski definition) is 0. The second-order valence-electron chi connectivity index (χ2n) is 16.8. The summed E-state index contributed by atoms with van der Waals surface area (Å²) >= 11 is 1.88. The largest absolute Gasteiger partial charge is 0.310 e. The van der Waals surface area contributed by atoms with Crippen molar-refractivity contribution in [2.24, 2.45) is 0 Å². The first-order valence-corrected chi connectivity index (χ1v) is 22.0. The minimum absolute atomic E-state index is 0.149. The van der Waals surface area contributed by atoms with Crippen LogP contribution < -0.4 is 4.90 Å². The van der Waals surface area contributed by atoms with E-state index in [4.69, 9.17) is 0 Å². The molecule has 1 nitrogen and oxygen atoms in total. The normalized spacial score (nSPS) is 12.9. The summed E-state index contributed by atoms with van der Waals surface area (Å²) in [7, 11) is 0. The second-order valence-corrected chi connectivity index (χ2v) is 17.9. The maximum Gasteiger partial charge on any atom is 0.0546 e. The molecule has 0 spiro atoms. The van der Waals surface area contributed by atoms with Gasteiger partial charge < -0.3 is 4.90 Å². The number of anilines is 3. The molecule has 0 saturated carbocycles. The van der Waals surface area contributed by atoms with Gasteiger partial charge in [0.2, 0.25) is 0 Å². The van der Waals surface area contributed by atoms with Crippen molar-refractivity contribution in [1.82, 2.24) is 0 Å². The number of hydrogen-bond acceptors (Lipinski definition) is 2. The van der Waals surface area contributed by atoms with Gasteiger partial charge in [-0.15, -0.1) is 11.3 Å². The van der Waals surface area contributed by atoms with Crippen molar-refractivity contribution in [2.75, 3.05) is 4.90 Å². The van der Waals surface area contributed by atoms with E-state index in [1.54, 1.807) is 0 Å². The van der Waals surface area contributed by atoms with Crippen molar-refractivity contribution in [3.8, 4) is 44.5 Å². The van der Waals surface area contributed by atoms with E-state index < -0.39 is 0 Å². The molecule has 61 heavy (non-hydrogen) atoms. The summed E-state index contributed by atoms with van der Waals surface area (Å²) in [6, 6.07) is 78.9. The first-order chi connectivity index (χ1) is 30.0. The molecule has 1 aromatic heterocycles. The summed E-state index contributed by atoms with van der Waals surface area (Å²) in [5, 5.41) is 7.61. The zero-order valence-electron chi connectivity index (χ0n) is 34.1. The summed E-state index contributed by atoms with van der Waals surface area (Å²) < 4.78 is 2.61. The fourth-order valence-corrected chi connectivity index (χ4v) is 11.2. The standard InChI is InChI=1S/C59H41NS/c1-59(2)53-24-12-10-21-48(53)49-34-32-43(37-54(49)59)60(42-30-27-39(28-31-42)38-15-4-3-5-16-38)55-25-14-23-45(41-29-33-51-50-22-11-13-26-56(50)61-57(51)36-41)58(55)52-35-40-17-6-7-18-44(40)46-19-8-9-20-47(46)52/h3-37H,1-2H3. The van der Waals surface area contributed by atoms with Crippen molar-refractivity contribution in [2.45, 2.75) is 19.3 Å². The SMILES string of the molecule is CC1(C)c2ccccc2-c2ccc(N(c3ccc(-c4ccccc4)cc3)c3cccc(-c4ccc5c(c4)sc4ccccc45)c3-c3cc4ccccc4c4ccccc34)cc21. The van der Waals surface area contributed by atoms with Gasteiger partial charge in [-0.1, -0.05) is 178 Å². The van der Waals surface area contributed by atoms with Gasteiger partial charge in [-0.25, -0.2) is 0 Å². The van der Waals surface area contributed by atoms with Gasteiger partial charge in [0.1, 0.15) is 0 Å². The molecule has 2 heteroatoms. The quantitative estimate of drug-likeness (QED) is 0.152. The first-order valence-electron chi connectivity index (χ1n) is 21.2. The zero-order chi connectivity index (χ0) is 40.7. The summed E-state index contributed by atoms with van der Waals surface area (Å²) in [6.45, 7) is 4.75. The van der Waals surface area contributed by atoms with Crippen LogP contribution in [0.3, 0.4) is 0 Å². The smallest absolute Gasteiger partial charge is 0.0546 e. The van der Waals surface area contributed by atoms with E-state index in [1.165, 1.54) is 97.4 Å². The number of nitrogens with zero attached hydrogens (tertiary/aromatic N) is 1. The Morgan fingerprint density at radius 3 is 1.84 bits per heavy atom. The van der Waals surface area contributed by atoms with Crippen LogP contribution in [0, 0.1) is 0 Å². The third-order valence-electron chi connectivity index (χ3n) is 13.1. The minimum Gasteiger partial charge on any atom is -0.310 e. The van der Waals surface area contributed by atoms with Crippen molar-refractivity contribution >= 4 is 70.1 Å². The molecule has 0 saturated heterocycles. The highest BCUT2D eigenvalue weighted by Gasteiger charge is 2.36. The lowest BCUT2D eigenvalue weighted by Crippen LogP contribution is -2.17. The van der Waals surface area contributed by atoms with Crippen molar-refractivity contribution < 1.29 is 0 Å². The topological polar surface area (TPSA) is 3.24 Å². The number of rotatable bonds is 6. The highest BCUT2D eigenvalue weighted by molar-refractivity contribution is 7.25. The van der Waals surface area contributed by atoms with Gasteiger partial charge in [0, 0.05) is 42.5 Å². The molecule has 0 fully saturated rings. The molecule has 0 N–H and O–H groups in total. The van der Waals surface area contributed by atoms with Gasteiger partial charge in [0.25, 0.3) is 0 Å². The highest BCUT2D eigenvalue weighted by atomic mass is 32.1.